The fraction of sp³-hybridized carbons (Fsp3) is 0.0625. The van der Waals surface area contributed by atoms with Crippen molar-refractivity contribution in [3.63, 3.8) is 0 Å². The number of hydrogen-bond donors (Lipinski definition) is 0. The fourth-order valence-corrected chi connectivity index (χ4v) is 5.17. The summed E-state index contributed by atoms with van der Waals surface area (Å²) in [5.74, 6) is 0.538. The Kier molecular flexibility index (Phi) is 4.54. The highest BCUT2D eigenvalue weighted by molar-refractivity contribution is 9.10. The number of rotatable bonds is 4. The highest BCUT2D eigenvalue weighted by atomic mass is 79.9. The summed E-state index contributed by atoms with van der Waals surface area (Å²) in [4.78, 5) is 11.4. The summed E-state index contributed by atoms with van der Waals surface area (Å²) >= 11 is 6.60. The number of fused-ring (bicyclic) bond motifs is 1. The van der Waals surface area contributed by atoms with Crippen LogP contribution in [0, 0.1) is 0 Å². The van der Waals surface area contributed by atoms with E-state index in [0.717, 1.165) is 8.45 Å². The van der Waals surface area contributed by atoms with E-state index in [9.17, 15) is 13.2 Å². The van der Waals surface area contributed by atoms with Crippen molar-refractivity contribution in [2.45, 2.75) is 4.90 Å². The highest BCUT2D eigenvalue weighted by Crippen LogP contribution is 2.32. The van der Waals surface area contributed by atoms with Gasteiger partial charge in [-0.3, -0.25) is 4.79 Å². The van der Waals surface area contributed by atoms with Crippen LogP contribution < -0.4 is 4.74 Å². The predicted molar refractivity (Wildman–Crippen MR) is 98.3 cm³/mol. The van der Waals surface area contributed by atoms with Crippen LogP contribution in [0.15, 0.2) is 56.4 Å². The van der Waals surface area contributed by atoms with Crippen molar-refractivity contribution in [1.29, 1.82) is 0 Å². The van der Waals surface area contributed by atoms with Gasteiger partial charge in [0.1, 0.15) is 10.6 Å². The zero-order valence-corrected chi connectivity index (χ0v) is 16.4. The van der Waals surface area contributed by atoms with Gasteiger partial charge in [-0.25, -0.2) is 12.4 Å². The van der Waals surface area contributed by atoms with Gasteiger partial charge in [0.05, 0.1) is 12.6 Å². The summed E-state index contributed by atoms with van der Waals surface area (Å²) in [5.41, 5.74) is 0.738. The third kappa shape index (κ3) is 2.78. The molecule has 3 aromatic rings. The maximum absolute atomic E-state index is 13.0. The van der Waals surface area contributed by atoms with Crippen molar-refractivity contribution in [2.24, 2.45) is 0 Å². The van der Waals surface area contributed by atoms with Crippen LogP contribution in [0.1, 0.15) is 10.4 Å². The second-order valence-electron chi connectivity index (χ2n) is 4.96. The summed E-state index contributed by atoms with van der Waals surface area (Å²) in [6.45, 7) is 0. The van der Waals surface area contributed by atoms with E-state index in [0.29, 0.717) is 33.0 Å². The average molecular weight is 473 g/mol. The molecule has 8 heteroatoms. The third-order valence-electron chi connectivity index (χ3n) is 3.57. The van der Waals surface area contributed by atoms with Crippen LogP contribution in [0.4, 0.5) is 0 Å². The molecule has 0 spiro atoms. The number of aldehydes is 1. The number of benzene rings is 2. The molecule has 0 amide bonds. The lowest BCUT2D eigenvalue weighted by Gasteiger charge is -2.10. The number of hydrogen-bond acceptors (Lipinski definition) is 4. The monoisotopic (exact) mass is 471 g/mol. The van der Waals surface area contributed by atoms with Gasteiger partial charge in [0.25, 0.3) is 10.0 Å². The first-order chi connectivity index (χ1) is 11.4. The summed E-state index contributed by atoms with van der Waals surface area (Å²) in [7, 11) is -2.38. The van der Waals surface area contributed by atoms with E-state index < -0.39 is 10.0 Å². The van der Waals surface area contributed by atoms with Gasteiger partial charge >= 0.3 is 0 Å². The largest absolute Gasteiger partial charge is 0.497 e. The Labute approximate surface area is 155 Å². The second kappa shape index (κ2) is 6.34. The lowest BCUT2D eigenvalue weighted by molar-refractivity contribution is 0.112. The van der Waals surface area contributed by atoms with E-state index in [1.807, 2.05) is 0 Å². The van der Waals surface area contributed by atoms with E-state index in [1.165, 1.54) is 19.4 Å². The molecule has 0 bridgehead atoms. The quantitative estimate of drug-likeness (QED) is 0.533. The summed E-state index contributed by atoms with van der Waals surface area (Å²) in [5, 5.41) is 0.563. The standard InChI is InChI=1S/C16H11Br2NO4S/c1-23-12-3-5-16(14(18)7-12)24(21,22)19-8-10(9-20)13-6-11(17)2-4-15(13)19/h2-9H,1H3. The Bertz CT molecular complexity index is 1060. The lowest BCUT2D eigenvalue weighted by atomic mass is 10.2. The minimum absolute atomic E-state index is 0.0839. The molecule has 0 saturated heterocycles. The van der Waals surface area contributed by atoms with Crippen LogP contribution in [0.3, 0.4) is 0 Å². The molecule has 0 fully saturated rings. The van der Waals surface area contributed by atoms with Crippen LogP contribution in [0.25, 0.3) is 10.9 Å². The maximum atomic E-state index is 13.0. The van der Waals surface area contributed by atoms with Crippen molar-refractivity contribution in [2.75, 3.05) is 7.11 Å². The summed E-state index contributed by atoms with van der Waals surface area (Å²) in [6.07, 6.45) is 1.97. The van der Waals surface area contributed by atoms with Crippen LogP contribution in [-0.2, 0) is 10.0 Å². The molecule has 0 aliphatic rings. The van der Waals surface area contributed by atoms with Gasteiger partial charge in [0, 0.05) is 26.1 Å². The molecular weight excluding hydrogens is 462 g/mol. The molecule has 0 aliphatic heterocycles. The summed E-state index contributed by atoms with van der Waals surface area (Å²) < 4.78 is 33.4. The second-order valence-corrected chi connectivity index (χ2v) is 8.51. The molecule has 3 rings (SSSR count). The van der Waals surface area contributed by atoms with Gasteiger partial charge < -0.3 is 4.74 Å². The van der Waals surface area contributed by atoms with Gasteiger partial charge in [0.2, 0.25) is 0 Å². The highest BCUT2D eigenvalue weighted by Gasteiger charge is 2.24. The van der Waals surface area contributed by atoms with E-state index in [4.69, 9.17) is 4.74 Å². The van der Waals surface area contributed by atoms with Crippen molar-refractivity contribution in [3.8, 4) is 5.75 Å². The zero-order valence-electron chi connectivity index (χ0n) is 12.4. The average Bonchev–Trinajstić information content (AvgIpc) is 2.92. The topological polar surface area (TPSA) is 65.4 Å². The SMILES string of the molecule is COc1ccc(S(=O)(=O)n2cc(C=O)c3cc(Br)ccc32)c(Br)c1. The minimum atomic E-state index is -3.88. The fourth-order valence-electron chi connectivity index (χ4n) is 2.41. The maximum Gasteiger partial charge on any atom is 0.269 e. The van der Waals surface area contributed by atoms with Crippen LogP contribution in [0.5, 0.6) is 5.75 Å². The van der Waals surface area contributed by atoms with Gasteiger partial charge in [0.15, 0.2) is 6.29 Å². The number of halogens is 2. The van der Waals surface area contributed by atoms with Crippen LogP contribution in [-0.4, -0.2) is 25.8 Å². The van der Waals surface area contributed by atoms with Gasteiger partial charge in [-0.15, -0.1) is 0 Å². The third-order valence-corrected chi connectivity index (χ3v) is 6.71. The number of ether oxygens (including phenoxy) is 1. The van der Waals surface area contributed by atoms with Crippen LogP contribution in [0.2, 0.25) is 0 Å². The number of carbonyl (C=O) groups excluding carboxylic acids is 1. The van der Waals surface area contributed by atoms with Crippen molar-refractivity contribution in [3.05, 3.63) is 57.1 Å². The molecule has 0 unspecified atom stereocenters. The molecule has 2 aromatic carbocycles. The predicted octanol–water partition coefficient (Wildman–Crippen LogP) is 4.22. The molecule has 124 valence electrons. The first-order valence-electron chi connectivity index (χ1n) is 6.73. The number of carbonyl (C=O) groups is 1. The molecule has 0 atom stereocenters. The molecule has 0 N–H and O–H groups in total. The van der Waals surface area contributed by atoms with E-state index >= 15 is 0 Å². The Morgan fingerprint density at radius 2 is 1.88 bits per heavy atom. The molecule has 0 saturated carbocycles. The Hall–Kier alpha value is -1.64. The smallest absolute Gasteiger partial charge is 0.269 e. The Balaban J connectivity index is 2.28. The molecule has 24 heavy (non-hydrogen) atoms. The van der Waals surface area contributed by atoms with Crippen molar-refractivity contribution < 1.29 is 17.9 Å². The lowest BCUT2D eigenvalue weighted by Crippen LogP contribution is -2.12. The molecule has 0 aliphatic carbocycles. The number of aromatic nitrogens is 1. The van der Waals surface area contributed by atoms with E-state index in [-0.39, 0.29) is 4.90 Å². The first kappa shape index (κ1) is 17.2. The van der Waals surface area contributed by atoms with Gasteiger partial charge in [-0.2, -0.15) is 0 Å². The van der Waals surface area contributed by atoms with E-state index in [2.05, 4.69) is 31.9 Å². The van der Waals surface area contributed by atoms with Crippen LogP contribution >= 0.6 is 31.9 Å². The molecule has 1 aromatic heterocycles. The van der Waals surface area contributed by atoms with Crippen molar-refractivity contribution in [1.82, 2.24) is 3.97 Å². The molecule has 1 heterocycles. The summed E-state index contributed by atoms with van der Waals surface area (Å²) in [6, 6.07) is 9.71. The Morgan fingerprint density at radius 3 is 2.50 bits per heavy atom. The first-order valence-corrected chi connectivity index (χ1v) is 9.76. The number of nitrogens with zero attached hydrogens (tertiary/aromatic N) is 1. The molecule has 5 nitrogen and oxygen atoms in total. The van der Waals surface area contributed by atoms with Gasteiger partial charge in [-0.1, -0.05) is 15.9 Å². The van der Waals surface area contributed by atoms with Crippen molar-refractivity contribution >= 4 is 59.1 Å². The zero-order chi connectivity index (χ0) is 17.5. The van der Waals surface area contributed by atoms with Gasteiger partial charge in [-0.05, 0) is 52.3 Å². The molecule has 0 radical (unpaired) electrons. The molecular formula is C16H11Br2NO4S. The van der Waals surface area contributed by atoms with E-state index in [1.54, 1.807) is 30.3 Å². The minimum Gasteiger partial charge on any atom is -0.497 e. The Morgan fingerprint density at radius 1 is 1.12 bits per heavy atom. The normalized spacial score (nSPS) is 11.6. The number of methoxy groups -OCH3 is 1.